The molecule has 1 aliphatic rings. The Morgan fingerprint density at radius 2 is 1.00 bits per heavy atom. The van der Waals surface area contributed by atoms with Crippen LogP contribution in [0.5, 0.6) is 0 Å². The van der Waals surface area contributed by atoms with E-state index in [1.165, 1.54) is 0 Å². The predicted octanol–water partition coefficient (Wildman–Crippen LogP) is 0.731. The van der Waals surface area contributed by atoms with E-state index in [2.05, 4.69) is 0 Å². The van der Waals surface area contributed by atoms with Gasteiger partial charge in [0, 0.05) is 0 Å². The van der Waals surface area contributed by atoms with Gasteiger partial charge in [-0.15, -0.1) is 0 Å². The fourth-order valence-corrected chi connectivity index (χ4v) is 4.38. The largest absolute Gasteiger partial charge is 0.475 e. The number of hydrogen-bond acceptors (Lipinski definition) is 9. The highest BCUT2D eigenvalue weighted by Crippen LogP contribution is 2.53. The second kappa shape index (κ2) is 10.1. The Labute approximate surface area is 173 Å². The highest BCUT2D eigenvalue weighted by Gasteiger charge is 2.51. The molecule has 0 heterocycles. The van der Waals surface area contributed by atoms with E-state index >= 15 is 0 Å². The summed E-state index contributed by atoms with van der Waals surface area (Å²) in [6, 6.07) is 17.6. The Morgan fingerprint density at radius 1 is 0.633 bits per heavy atom. The molecule has 0 aliphatic heterocycles. The summed E-state index contributed by atoms with van der Waals surface area (Å²) in [5.74, 6) is 0. The van der Waals surface area contributed by atoms with Crippen LogP contribution in [0.2, 0.25) is 0 Å². The first-order valence-electron chi connectivity index (χ1n) is 9.36. The lowest BCUT2D eigenvalue weighted by Gasteiger charge is -2.41. The van der Waals surface area contributed by atoms with Crippen molar-refractivity contribution >= 4 is 7.82 Å². The first-order valence-corrected chi connectivity index (χ1v) is 10.8. The highest BCUT2D eigenvalue weighted by molar-refractivity contribution is 7.48. The molecule has 2 aromatic carbocycles. The summed E-state index contributed by atoms with van der Waals surface area (Å²) in [6.45, 7) is -0.306. The summed E-state index contributed by atoms with van der Waals surface area (Å²) >= 11 is 0. The maximum absolute atomic E-state index is 13.3. The van der Waals surface area contributed by atoms with Gasteiger partial charge in [-0.05, 0) is 11.1 Å². The lowest BCUT2D eigenvalue weighted by atomic mass is 9.85. The van der Waals surface area contributed by atoms with Crippen LogP contribution >= 0.6 is 7.82 Å². The van der Waals surface area contributed by atoms with E-state index < -0.39 is 44.4 Å². The summed E-state index contributed by atoms with van der Waals surface area (Å²) in [7, 11) is -4.39. The van der Waals surface area contributed by atoms with Crippen LogP contribution in [0.4, 0.5) is 0 Å². The van der Waals surface area contributed by atoms with Gasteiger partial charge in [0.15, 0.2) is 0 Å². The molecule has 0 bridgehead atoms. The van der Waals surface area contributed by atoms with Crippen molar-refractivity contribution in [2.24, 2.45) is 0 Å². The minimum atomic E-state index is -4.39. The molecule has 1 aliphatic carbocycles. The minimum Gasteiger partial charge on any atom is -0.387 e. The molecule has 0 amide bonds. The van der Waals surface area contributed by atoms with Crippen LogP contribution < -0.4 is 0 Å². The maximum Gasteiger partial charge on any atom is 0.475 e. The first kappa shape index (κ1) is 23.0. The minimum absolute atomic E-state index is 0.153. The normalized spacial score (nSPS) is 29.6. The topological polar surface area (TPSA) is 146 Å². The van der Waals surface area contributed by atoms with Crippen LogP contribution in [-0.2, 0) is 31.4 Å². The van der Waals surface area contributed by atoms with E-state index in [-0.39, 0.29) is 13.2 Å². The van der Waals surface area contributed by atoms with Crippen molar-refractivity contribution in [3.63, 3.8) is 0 Å². The van der Waals surface area contributed by atoms with Crippen molar-refractivity contribution in [3.8, 4) is 0 Å². The van der Waals surface area contributed by atoms with Crippen molar-refractivity contribution in [1.29, 1.82) is 0 Å². The molecular formula is C20H25O9P. The Hall–Kier alpha value is -1.65. The summed E-state index contributed by atoms with van der Waals surface area (Å²) < 4.78 is 29.4. The van der Waals surface area contributed by atoms with Gasteiger partial charge < -0.3 is 25.5 Å². The monoisotopic (exact) mass is 440 g/mol. The molecule has 0 radical (unpaired) electrons. The molecule has 1 saturated carbocycles. The number of rotatable bonds is 8. The number of benzene rings is 2. The first-order chi connectivity index (χ1) is 14.3. The summed E-state index contributed by atoms with van der Waals surface area (Å²) in [5.41, 5.74) is 1.34. The standard InChI is InChI=1S/C20H25O9P/c21-15-16(22)18(24)20(19(25)17(15)23)29-30(26,27-11-13-7-3-1-4-8-13)28-12-14-9-5-2-6-10-14/h1-10,15-25H,11-12H2/t15-,16-,17-,18+,19-,20-/m1/s1. The van der Waals surface area contributed by atoms with E-state index in [0.717, 1.165) is 0 Å². The summed E-state index contributed by atoms with van der Waals surface area (Å²) in [6.07, 6.45) is -10.9. The smallest absolute Gasteiger partial charge is 0.387 e. The van der Waals surface area contributed by atoms with Crippen LogP contribution in [0.15, 0.2) is 60.7 Å². The van der Waals surface area contributed by atoms with Crippen LogP contribution in [-0.4, -0.2) is 62.2 Å². The van der Waals surface area contributed by atoms with Gasteiger partial charge in [-0.2, -0.15) is 0 Å². The molecule has 3 rings (SSSR count). The van der Waals surface area contributed by atoms with Gasteiger partial charge in [0.1, 0.15) is 36.6 Å². The quantitative estimate of drug-likeness (QED) is 0.375. The number of aliphatic hydroxyl groups excluding tert-OH is 5. The Bertz CT molecular complexity index is 771. The number of hydrogen-bond donors (Lipinski definition) is 5. The molecule has 5 N–H and O–H groups in total. The van der Waals surface area contributed by atoms with Gasteiger partial charge in [0.25, 0.3) is 0 Å². The van der Waals surface area contributed by atoms with E-state index in [1.807, 2.05) is 0 Å². The molecular weight excluding hydrogens is 415 g/mol. The van der Waals surface area contributed by atoms with Crippen LogP contribution in [0.25, 0.3) is 0 Å². The van der Waals surface area contributed by atoms with Gasteiger partial charge in [0.2, 0.25) is 0 Å². The van der Waals surface area contributed by atoms with E-state index in [4.69, 9.17) is 13.6 Å². The second-order valence-corrected chi connectivity index (χ2v) is 8.61. The molecule has 0 saturated heterocycles. The van der Waals surface area contributed by atoms with E-state index in [1.54, 1.807) is 60.7 Å². The number of phosphoric ester groups is 1. The molecule has 1 fully saturated rings. The van der Waals surface area contributed by atoms with Gasteiger partial charge >= 0.3 is 7.82 Å². The van der Waals surface area contributed by atoms with Crippen molar-refractivity contribution in [2.75, 3.05) is 0 Å². The fraction of sp³-hybridized carbons (Fsp3) is 0.400. The summed E-state index contributed by atoms with van der Waals surface area (Å²) in [4.78, 5) is 0. The van der Waals surface area contributed by atoms with E-state index in [9.17, 15) is 30.1 Å². The van der Waals surface area contributed by atoms with Gasteiger partial charge in [-0.25, -0.2) is 4.57 Å². The van der Waals surface area contributed by atoms with E-state index in [0.29, 0.717) is 11.1 Å². The lowest BCUT2D eigenvalue weighted by Crippen LogP contribution is -2.64. The van der Waals surface area contributed by atoms with Crippen LogP contribution in [0, 0.1) is 0 Å². The molecule has 9 nitrogen and oxygen atoms in total. The second-order valence-electron chi connectivity index (χ2n) is 6.99. The third-order valence-electron chi connectivity index (χ3n) is 4.79. The molecule has 10 heteroatoms. The van der Waals surface area contributed by atoms with Gasteiger partial charge in [-0.3, -0.25) is 13.6 Å². The van der Waals surface area contributed by atoms with Crippen molar-refractivity contribution in [3.05, 3.63) is 71.8 Å². The van der Waals surface area contributed by atoms with Crippen molar-refractivity contribution in [1.82, 2.24) is 0 Å². The predicted molar refractivity (Wildman–Crippen MR) is 105 cm³/mol. The molecule has 0 unspecified atom stereocenters. The molecule has 2 aromatic rings. The zero-order chi connectivity index (χ0) is 21.7. The highest BCUT2D eigenvalue weighted by atomic mass is 31.2. The SMILES string of the molecule is O=P(OCc1ccccc1)(OCc1ccccc1)O[C@H]1[C@H](O)[C@H](O)[C@H](O)[C@@H](O)[C@@H]1O. The zero-order valence-electron chi connectivity index (χ0n) is 16.0. The van der Waals surface area contributed by atoms with Crippen LogP contribution in [0.3, 0.4) is 0 Å². The van der Waals surface area contributed by atoms with Crippen molar-refractivity contribution in [2.45, 2.75) is 49.8 Å². The Balaban J connectivity index is 1.77. The average molecular weight is 440 g/mol. The molecule has 6 atom stereocenters. The third kappa shape index (κ3) is 5.53. The fourth-order valence-electron chi connectivity index (χ4n) is 3.02. The Kier molecular flexibility index (Phi) is 7.75. The van der Waals surface area contributed by atoms with Gasteiger partial charge in [-0.1, -0.05) is 60.7 Å². The molecule has 0 spiro atoms. The van der Waals surface area contributed by atoms with Gasteiger partial charge in [0.05, 0.1) is 13.2 Å². The zero-order valence-corrected chi connectivity index (χ0v) is 16.9. The number of aliphatic hydroxyl groups is 5. The summed E-state index contributed by atoms with van der Waals surface area (Å²) in [5, 5.41) is 49.9. The molecule has 30 heavy (non-hydrogen) atoms. The average Bonchev–Trinajstić information content (AvgIpc) is 2.78. The molecule has 164 valence electrons. The number of phosphoric acid groups is 1. The maximum atomic E-state index is 13.3. The Morgan fingerprint density at radius 3 is 1.40 bits per heavy atom. The molecule has 0 aromatic heterocycles. The van der Waals surface area contributed by atoms with Crippen molar-refractivity contribution < 1.29 is 43.7 Å². The third-order valence-corrected chi connectivity index (χ3v) is 6.18. The van der Waals surface area contributed by atoms with Crippen LogP contribution in [0.1, 0.15) is 11.1 Å². The lowest BCUT2D eigenvalue weighted by molar-refractivity contribution is -0.220.